The van der Waals surface area contributed by atoms with Crippen LogP contribution in [0.25, 0.3) is 0 Å². The lowest BCUT2D eigenvalue weighted by atomic mass is 10.1. The largest absolute Gasteiger partial charge is 0.306 e. The van der Waals surface area contributed by atoms with E-state index in [0.717, 1.165) is 25.9 Å². The van der Waals surface area contributed by atoms with Gasteiger partial charge in [-0.05, 0) is 46.8 Å². The van der Waals surface area contributed by atoms with E-state index < -0.39 is 10.2 Å². The number of hydrogen-bond acceptors (Lipinski definition) is 3. The molecule has 0 aromatic carbocycles. The molecule has 0 radical (unpaired) electrons. The van der Waals surface area contributed by atoms with Crippen molar-refractivity contribution < 1.29 is 8.42 Å². The standard InChI is InChI=1S/C9H21N3O2S/c1-8(2)10-15(13,14)11-9-4-6-12(3)7-5-9/h8-11H,4-7H2,1-3H3. The van der Waals surface area contributed by atoms with E-state index in [4.69, 9.17) is 0 Å². The Morgan fingerprint density at radius 1 is 1.27 bits per heavy atom. The maximum absolute atomic E-state index is 11.6. The molecule has 2 N–H and O–H groups in total. The van der Waals surface area contributed by atoms with Crippen LogP contribution in [0.1, 0.15) is 26.7 Å². The van der Waals surface area contributed by atoms with Gasteiger partial charge < -0.3 is 4.90 Å². The van der Waals surface area contributed by atoms with Crippen LogP contribution in [0, 0.1) is 0 Å². The molecule has 5 nitrogen and oxygen atoms in total. The molecule has 6 heteroatoms. The predicted octanol–water partition coefficient (Wildman–Crippen LogP) is -0.0870. The van der Waals surface area contributed by atoms with Crippen LogP contribution in [0.3, 0.4) is 0 Å². The molecule has 1 aliphatic heterocycles. The highest BCUT2D eigenvalue weighted by molar-refractivity contribution is 7.87. The van der Waals surface area contributed by atoms with Crippen LogP contribution in [0.15, 0.2) is 0 Å². The van der Waals surface area contributed by atoms with E-state index >= 15 is 0 Å². The van der Waals surface area contributed by atoms with Crippen molar-refractivity contribution in [2.45, 2.75) is 38.8 Å². The van der Waals surface area contributed by atoms with E-state index in [2.05, 4.69) is 21.4 Å². The van der Waals surface area contributed by atoms with Gasteiger partial charge in [0, 0.05) is 12.1 Å². The predicted molar refractivity (Wildman–Crippen MR) is 60.8 cm³/mol. The van der Waals surface area contributed by atoms with Gasteiger partial charge in [0.1, 0.15) is 0 Å². The summed E-state index contributed by atoms with van der Waals surface area (Å²) in [7, 11) is -1.26. The Labute approximate surface area is 92.4 Å². The number of piperidine rings is 1. The molecule has 1 fully saturated rings. The van der Waals surface area contributed by atoms with E-state index in [1.54, 1.807) is 0 Å². The highest BCUT2D eigenvalue weighted by atomic mass is 32.2. The van der Waals surface area contributed by atoms with E-state index in [0.29, 0.717) is 0 Å². The maximum atomic E-state index is 11.6. The summed E-state index contributed by atoms with van der Waals surface area (Å²) < 4.78 is 28.3. The number of likely N-dealkylation sites (tertiary alicyclic amines) is 1. The minimum absolute atomic E-state index is 0.0613. The summed E-state index contributed by atoms with van der Waals surface area (Å²) in [6, 6.07) is 0.0196. The van der Waals surface area contributed by atoms with Gasteiger partial charge in [0.25, 0.3) is 10.2 Å². The van der Waals surface area contributed by atoms with Crippen molar-refractivity contribution in [3.8, 4) is 0 Å². The van der Waals surface area contributed by atoms with E-state index in [1.807, 2.05) is 13.8 Å². The zero-order valence-corrected chi connectivity index (χ0v) is 10.5. The molecule has 1 heterocycles. The maximum Gasteiger partial charge on any atom is 0.277 e. The van der Waals surface area contributed by atoms with Gasteiger partial charge in [-0.1, -0.05) is 0 Å². The van der Waals surface area contributed by atoms with Gasteiger partial charge >= 0.3 is 0 Å². The molecule has 0 spiro atoms. The summed E-state index contributed by atoms with van der Waals surface area (Å²) in [5.74, 6) is 0. The van der Waals surface area contributed by atoms with Gasteiger partial charge in [-0.2, -0.15) is 17.9 Å². The van der Waals surface area contributed by atoms with Crippen LogP contribution in [0.4, 0.5) is 0 Å². The first-order chi connectivity index (χ1) is 6.89. The first-order valence-corrected chi connectivity index (χ1v) is 6.85. The van der Waals surface area contributed by atoms with Gasteiger partial charge in [0.2, 0.25) is 0 Å². The van der Waals surface area contributed by atoms with Gasteiger partial charge in [-0.15, -0.1) is 0 Å². The molecule has 0 aromatic rings. The minimum atomic E-state index is -3.32. The molecular weight excluding hydrogens is 214 g/mol. The third-order valence-corrected chi connectivity index (χ3v) is 3.86. The van der Waals surface area contributed by atoms with Crippen LogP contribution >= 0.6 is 0 Å². The molecule has 1 rings (SSSR count). The zero-order chi connectivity index (χ0) is 11.5. The lowest BCUT2D eigenvalue weighted by molar-refractivity contribution is 0.247. The Bertz CT molecular complexity index is 282. The Kier molecular flexibility index (Phi) is 4.51. The second-order valence-corrected chi connectivity index (χ2v) is 5.95. The second-order valence-electron chi connectivity index (χ2n) is 4.47. The van der Waals surface area contributed by atoms with Crippen molar-refractivity contribution in [2.24, 2.45) is 0 Å². The van der Waals surface area contributed by atoms with Crippen LogP contribution < -0.4 is 9.44 Å². The van der Waals surface area contributed by atoms with Crippen molar-refractivity contribution in [2.75, 3.05) is 20.1 Å². The fourth-order valence-corrected chi connectivity index (χ4v) is 3.05. The Morgan fingerprint density at radius 3 is 2.27 bits per heavy atom. The molecule has 15 heavy (non-hydrogen) atoms. The monoisotopic (exact) mass is 235 g/mol. The fourth-order valence-electron chi connectivity index (χ4n) is 1.69. The van der Waals surface area contributed by atoms with Crippen LogP contribution in [-0.4, -0.2) is 45.5 Å². The summed E-state index contributed by atoms with van der Waals surface area (Å²) in [6.45, 7) is 5.53. The summed E-state index contributed by atoms with van der Waals surface area (Å²) in [5.41, 5.74) is 0. The fraction of sp³-hybridized carbons (Fsp3) is 1.00. The van der Waals surface area contributed by atoms with Gasteiger partial charge in [-0.25, -0.2) is 0 Å². The number of nitrogens with one attached hydrogen (secondary N) is 2. The summed E-state index contributed by atoms with van der Waals surface area (Å²) in [5, 5.41) is 0. The lowest BCUT2D eigenvalue weighted by Gasteiger charge is -2.29. The quantitative estimate of drug-likeness (QED) is 0.716. The normalized spacial score (nSPS) is 21.1. The van der Waals surface area contributed by atoms with Crippen molar-refractivity contribution in [3.05, 3.63) is 0 Å². The topological polar surface area (TPSA) is 61.4 Å². The highest BCUT2D eigenvalue weighted by Crippen LogP contribution is 2.08. The van der Waals surface area contributed by atoms with Gasteiger partial charge in [-0.3, -0.25) is 0 Å². The Morgan fingerprint density at radius 2 is 1.80 bits per heavy atom. The lowest BCUT2D eigenvalue weighted by Crippen LogP contribution is -2.48. The minimum Gasteiger partial charge on any atom is -0.306 e. The zero-order valence-electron chi connectivity index (χ0n) is 9.66. The van der Waals surface area contributed by atoms with E-state index in [1.165, 1.54) is 0 Å². The van der Waals surface area contributed by atoms with Crippen LogP contribution in [-0.2, 0) is 10.2 Å². The molecule has 90 valence electrons. The molecular formula is C9H21N3O2S. The second kappa shape index (κ2) is 5.25. The average molecular weight is 235 g/mol. The third kappa shape index (κ3) is 4.92. The molecule has 0 aromatic heterocycles. The van der Waals surface area contributed by atoms with Gasteiger partial charge in [0.15, 0.2) is 0 Å². The molecule has 0 amide bonds. The summed E-state index contributed by atoms with van der Waals surface area (Å²) in [6.07, 6.45) is 1.77. The van der Waals surface area contributed by atoms with Crippen LogP contribution in [0.2, 0.25) is 0 Å². The van der Waals surface area contributed by atoms with E-state index in [-0.39, 0.29) is 12.1 Å². The van der Waals surface area contributed by atoms with Gasteiger partial charge in [0.05, 0.1) is 0 Å². The molecule has 1 saturated heterocycles. The molecule has 0 atom stereocenters. The van der Waals surface area contributed by atoms with Crippen molar-refractivity contribution in [3.63, 3.8) is 0 Å². The van der Waals surface area contributed by atoms with Crippen molar-refractivity contribution in [1.29, 1.82) is 0 Å². The molecule has 0 unspecified atom stereocenters. The highest BCUT2D eigenvalue weighted by Gasteiger charge is 2.21. The number of rotatable bonds is 4. The SMILES string of the molecule is CC(C)NS(=O)(=O)NC1CCN(C)CC1. The van der Waals surface area contributed by atoms with E-state index in [9.17, 15) is 8.42 Å². The summed E-state index contributed by atoms with van der Waals surface area (Å²) >= 11 is 0. The summed E-state index contributed by atoms with van der Waals surface area (Å²) in [4.78, 5) is 2.21. The van der Waals surface area contributed by atoms with Crippen LogP contribution in [0.5, 0.6) is 0 Å². The molecule has 1 aliphatic rings. The smallest absolute Gasteiger partial charge is 0.277 e. The average Bonchev–Trinajstić information content (AvgIpc) is 2.06. The molecule has 0 aliphatic carbocycles. The molecule has 0 bridgehead atoms. The van der Waals surface area contributed by atoms with Crippen molar-refractivity contribution >= 4 is 10.2 Å². The first-order valence-electron chi connectivity index (χ1n) is 5.37. The Balaban J connectivity index is 2.41. The Hall–Kier alpha value is -0.170. The first kappa shape index (κ1) is 12.9. The number of nitrogens with zero attached hydrogens (tertiary/aromatic N) is 1. The third-order valence-electron chi connectivity index (χ3n) is 2.43. The number of hydrogen-bond donors (Lipinski definition) is 2. The molecule has 0 saturated carbocycles. The van der Waals surface area contributed by atoms with Crippen molar-refractivity contribution in [1.82, 2.24) is 14.3 Å².